The number of nitrogens with one attached hydrogen (secondary N) is 1. The second-order valence-corrected chi connectivity index (χ2v) is 5.45. The van der Waals surface area contributed by atoms with E-state index in [0.717, 1.165) is 5.56 Å². The highest BCUT2D eigenvalue weighted by atomic mass is 19.1. The summed E-state index contributed by atoms with van der Waals surface area (Å²) in [5, 5.41) is 2.81. The topological polar surface area (TPSA) is 56.8 Å². The van der Waals surface area contributed by atoms with Crippen molar-refractivity contribution in [2.45, 2.75) is 12.5 Å². The lowest BCUT2D eigenvalue weighted by Crippen LogP contribution is -2.30. The van der Waals surface area contributed by atoms with E-state index in [1.54, 1.807) is 44.6 Å². The normalized spacial score (nSPS) is 11.7. The smallest absolute Gasteiger partial charge is 0.224 e. The molecular formula is C19H22FNO4. The first-order chi connectivity index (χ1) is 12.1. The van der Waals surface area contributed by atoms with Crippen LogP contribution in [0.3, 0.4) is 0 Å². The molecule has 1 atom stereocenters. The molecule has 0 aliphatic carbocycles. The molecule has 0 aliphatic heterocycles. The van der Waals surface area contributed by atoms with Gasteiger partial charge in [0.25, 0.3) is 0 Å². The SMILES string of the molecule is COc1ccc(CC(=O)NCC(OC)c2cccc(F)c2)cc1OC. The highest BCUT2D eigenvalue weighted by molar-refractivity contribution is 5.78. The lowest BCUT2D eigenvalue weighted by Gasteiger charge is -2.17. The molecule has 2 aromatic carbocycles. The summed E-state index contributed by atoms with van der Waals surface area (Å²) in [6.07, 6.45) is -0.218. The van der Waals surface area contributed by atoms with Gasteiger partial charge in [-0.15, -0.1) is 0 Å². The van der Waals surface area contributed by atoms with E-state index in [2.05, 4.69) is 5.32 Å². The molecule has 0 spiro atoms. The van der Waals surface area contributed by atoms with Crippen LogP contribution in [-0.4, -0.2) is 33.8 Å². The number of methoxy groups -OCH3 is 3. The van der Waals surface area contributed by atoms with Crippen LogP contribution in [0.25, 0.3) is 0 Å². The number of benzene rings is 2. The Balaban J connectivity index is 1.95. The Hall–Kier alpha value is -2.60. The molecule has 0 aromatic heterocycles. The molecule has 134 valence electrons. The highest BCUT2D eigenvalue weighted by Gasteiger charge is 2.14. The Morgan fingerprint density at radius 1 is 1.08 bits per heavy atom. The third-order valence-electron chi connectivity index (χ3n) is 3.80. The summed E-state index contributed by atoms with van der Waals surface area (Å²) in [6.45, 7) is 0.256. The number of carbonyl (C=O) groups is 1. The summed E-state index contributed by atoms with van der Waals surface area (Å²) in [7, 11) is 4.63. The van der Waals surface area contributed by atoms with E-state index >= 15 is 0 Å². The quantitative estimate of drug-likeness (QED) is 0.798. The average molecular weight is 347 g/mol. The zero-order valence-corrected chi connectivity index (χ0v) is 14.5. The molecule has 0 bridgehead atoms. The van der Waals surface area contributed by atoms with Gasteiger partial charge in [0.1, 0.15) is 5.82 Å². The first kappa shape index (κ1) is 18.7. The number of halogens is 1. The van der Waals surface area contributed by atoms with Gasteiger partial charge in [-0.25, -0.2) is 4.39 Å². The summed E-state index contributed by atoms with van der Waals surface area (Å²) < 4.78 is 29.1. The van der Waals surface area contributed by atoms with Gasteiger partial charge in [0.2, 0.25) is 5.91 Å². The van der Waals surface area contributed by atoms with E-state index in [1.807, 2.05) is 0 Å². The maximum absolute atomic E-state index is 13.3. The zero-order chi connectivity index (χ0) is 18.2. The van der Waals surface area contributed by atoms with Crippen molar-refractivity contribution in [3.63, 3.8) is 0 Å². The maximum atomic E-state index is 13.3. The summed E-state index contributed by atoms with van der Waals surface area (Å²) >= 11 is 0. The lowest BCUT2D eigenvalue weighted by atomic mass is 10.1. The van der Waals surface area contributed by atoms with Gasteiger partial charge >= 0.3 is 0 Å². The van der Waals surface area contributed by atoms with Crippen molar-refractivity contribution in [3.8, 4) is 11.5 Å². The molecule has 2 aromatic rings. The molecule has 1 amide bonds. The van der Waals surface area contributed by atoms with E-state index in [9.17, 15) is 9.18 Å². The molecule has 0 heterocycles. The molecule has 25 heavy (non-hydrogen) atoms. The van der Waals surface area contributed by atoms with Crippen molar-refractivity contribution >= 4 is 5.91 Å². The second kappa shape index (κ2) is 9.03. The molecule has 0 fully saturated rings. The Morgan fingerprint density at radius 2 is 1.84 bits per heavy atom. The Labute approximate surface area is 146 Å². The van der Waals surface area contributed by atoms with Crippen molar-refractivity contribution in [3.05, 3.63) is 59.4 Å². The second-order valence-electron chi connectivity index (χ2n) is 5.45. The van der Waals surface area contributed by atoms with Crippen LogP contribution in [0.1, 0.15) is 17.2 Å². The summed E-state index contributed by atoms with van der Waals surface area (Å²) in [6, 6.07) is 11.5. The van der Waals surface area contributed by atoms with Gasteiger partial charge < -0.3 is 19.5 Å². The van der Waals surface area contributed by atoms with Gasteiger partial charge in [-0.05, 0) is 35.4 Å². The van der Waals surface area contributed by atoms with Crippen LogP contribution >= 0.6 is 0 Å². The van der Waals surface area contributed by atoms with Crippen LogP contribution in [0.2, 0.25) is 0 Å². The Kier molecular flexibility index (Phi) is 6.77. The Bertz CT molecular complexity index is 720. The summed E-state index contributed by atoms with van der Waals surface area (Å²) in [4.78, 5) is 12.2. The van der Waals surface area contributed by atoms with E-state index in [1.165, 1.54) is 19.2 Å². The van der Waals surface area contributed by atoms with Crippen molar-refractivity contribution in [2.75, 3.05) is 27.9 Å². The van der Waals surface area contributed by atoms with Crippen LogP contribution in [0, 0.1) is 5.82 Å². The van der Waals surface area contributed by atoms with Crippen LogP contribution in [-0.2, 0) is 16.0 Å². The van der Waals surface area contributed by atoms with Gasteiger partial charge in [-0.1, -0.05) is 18.2 Å². The van der Waals surface area contributed by atoms with Crippen LogP contribution in [0.15, 0.2) is 42.5 Å². The fraction of sp³-hybridized carbons (Fsp3) is 0.316. The van der Waals surface area contributed by atoms with Crippen molar-refractivity contribution in [1.29, 1.82) is 0 Å². The van der Waals surface area contributed by atoms with Gasteiger partial charge in [-0.2, -0.15) is 0 Å². The number of hydrogen-bond donors (Lipinski definition) is 1. The van der Waals surface area contributed by atoms with Gasteiger partial charge in [0.15, 0.2) is 11.5 Å². The fourth-order valence-corrected chi connectivity index (χ4v) is 2.49. The number of carbonyl (C=O) groups excluding carboxylic acids is 1. The van der Waals surface area contributed by atoms with Gasteiger partial charge in [0.05, 0.1) is 26.7 Å². The molecule has 2 rings (SSSR count). The van der Waals surface area contributed by atoms with E-state index in [0.29, 0.717) is 17.1 Å². The number of ether oxygens (including phenoxy) is 3. The van der Waals surface area contributed by atoms with Crippen molar-refractivity contribution in [2.24, 2.45) is 0 Å². The summed E-state index contributed by atoms with van der Waals surface area (Å²) in [5.74, 6) is 0.682. The zero-order valence-electron chi connectivity index (χ0n) is 14.5. The van der Waals surface area contributed by atoms with Crippen molar-refractivity contribution in [1.82, 2.24) is 5.32 Å². The molecule has 6 heteroatoms. The summed E-state index contributed by atoms with van der Waals surface area (Å²) in [5.41, 5.74) is 1.48. The Morgan fingerprint density at radius 3 is 2.48 bits per heavy atom. The van der Waals surface area contributed by atoms with E-state index in [4.69, 9.17) is 14.2 Å². The molecule has 1 unspecified atom stereocenters. The molecule has 0 saturated heterocycles. The predicted octanol–water partition coefficient (Wildman–Crippen LogP) is 2.89. The maximum Gasteiger partial charge on any atom is 0.224 e. The fourth-order valence-electron chi connectivity index (χ4n) is 2.49. The predicted molar refractivity (Wildman–Crippen MR) is 92.4 cm³/mol. The molecule has 5 nitrogen and oxygen atoms in total. The standard InChI is InChI=1S/C19H22FNO4/c1-23-16-8-7-13(9-17(16)24-2)10-19(22)21-12-18(25-3)14-5-4-6-15(20)11-14/h4-9,11,18H,10,12H2,1-3H3,(H,21,22). The molecule has 0 radical (unpaired) electrons. The third kappa shape index (κ3) is 5.19. The van der Waals surface area contributed by atoms with E-state index < -0.39 is 6.10 Å². The van der Waals surface area contributed by atoms with Gasteiger partial charge in [0, 0.05) is 13.7 Å². The minimum Gasteiger partial charge on any atom is -0.493 e. The largest absolute Gasteiger partial charge is 0.493 e. The first-order valence-electron chi connectivity index (χ1n) is 7.83. The van der Waals surface area contributed by atoms with Crippen molar-refractivity contribution < 1.29 is 23.4 Å². The number of hydrogen-bond acceptors (Lipinski definition) is 4. The average Bonchev–Trinajstić information content (AvgIpc) is 2.62. The first-order valence-corrected chi connectivity index (χ1v) is 7.83. The van der Waals surface area contributed by atoms with Crippen LogP contribution in [0.4, 0.5) is 4.39 Å². The molecular weight excluding hydrogens is 325 g/mol. The minimum atomic E-state index is -0.412. The van der Waals surface area contributed by atoms with E-state index in [-0.39, 0.29) is 24.7 Å². The van der Waals surface area contributed by atoms with Crippen LogP contribution in [0.5, 0.6) is 11.5 Å². The highest BCUT2D eigenvalue weighted by Crippen LogP contribution is 2.27. The van der Waals surface area contributed by atoms with Gasteiger partial charge in [-0.3, -0.25) is 4.79 Å². The van der Waals surface area contributed by atoms with Crippen LogP contribution < -0.4 is 14.8 Å². The number of amides is 1. The lowest BCUT2D eigenvalue weighted by molar-refractivity contribution is -0.121. The molecule has 0 saturated carbocycles. The third-order valence-corrected chi connectivity index (χ3v) is 3.80. The molecule has 0 aliphatic rings. The number of rotatable bonds is 8. The minimum absolute atomic E-state index is 0.161. The molecule has 1 N–H and O–H groups in total. The monoisotopic (exact) mass is 347 g/mol.